The highest BCUT2D eigenvalue weighted by molar-refractivity contribution is 7.80. The van der Waals surface area contributed by atoms with Crippen LogP contribution in [0.5, 0.6) is 11.5 Å². The van der Waals surface area contributed by atoms with Gasteiger partial charge in [-0.3, -0.25) is 4.98 Å². The molecule has 1 aliphatic heterocycles. The second-order valence-corrected chi connectivity index (χ2v) is 9.99. The maximum absolute atomic E-state index is 5.96. The second kappa shape index (κ2) is 10.4. The zero-order valence-corrected chi connectivity index (χ0v) is 23.4. The van der Waals surface area contributed by atoms with Crippen LogP contribution in [0.1, 0.15) is 34.7 Å². The number of thiocarbonyl (C=S) groups is 1. The molecule has 0 amide bonds. The van der Waals surface area contributed by atoms with E-state index < -0.39 is 0 Å². The van der Waals surface area contributed by atoms with Crippen molar-refractivity contribution in [1.29, 1.82) is 0 Å². The molecule has 1 fully saturated rings. The van der Waals surface area contributed by atoms with Crippen LogP contribution < -0.4 is 24.6 Å². The van der Waals surface area contributed by atoms with Gasteiger partial charge < -0.3 is 29.2 Å². The average Bonchev–Trinajstić information content (AvgIpc) is 3.43. The molecule has 4 aromatic rings. The minimum atomic E-state index is -0.167. The lowest BCUT2D eigenvalue weighted by Gasteiger charge is -2.29. The van der Waals surface area contributed by atoms with Crippen molar-refractivity contribution in [2.24, 2.45) is 0 Å². The normalized spacial score (nSPS) is 16.9. The van der Waals surface area contributed by atoms with E-state index in [2.05, 4.69) is 78.0 Å². The molecule has 0 unspecified atom stereocenters. The van der Waals surface area contributed by atoms with E-state index in [4.69, 9.17) is 26.7 Å². The number of nitrogens with one attached hydrogen (secondary N) is 1. The average molecular weight is 528 g/mol. The summed E-state index contributed by atoms with van der Waals surface area (Å²) in [4.78, 5) is 8.94. The van der Waals surface area contributed by atoms with E-state index in [-0.39, 0.29) is 12.1 Å². The van der Waals surface area contributed by atoms with Gasteiger partial charge in [0, 0.05) is 49.1 Å². The first kappa shape index (κ1) is 25.6. The van der Waals surface area contributed by atoms with Crippen molar-refractivity contribution >= 4 is 28.7 Å². The van der Waals surface area contributed by atoms with Crippen molar-refractivity contribution in [3.8, 4) is 17.2 Å². The number of aromatic nitrogens is 2. The molecule has 0 saturated carbocycles. The lowest BCUT2D eigenvalue weighted by molar-refractivity contribution is 0.403. The molecule has 2 aromatic heterocycles. The van der Waals surface area contributed by atoms with Gasteiger partial charge in [0.25, 0.3) is 0 Å². The van der Waals surface area contributed by atoms with Crippen LogP contribution in [0, 0.1) is 13.8 Å². The minimum Gasteiger partial charge on any atom is -0.497 e. The third-order valence-electron chi connectivity index (χ3n) is 7.16. The van der Waals surface area contributed by atoms with E-state index in [1.165, 1.54) is 0 Å². The number of ether oxygens (including phenoxy) is 2. The van der Waals surface area contributed by atoms with Crippen molar-refractivity contribution < 1.29 is 9.47 Å². The van der Waals surface area contributed by atoms with Crippen LogP contribution in [0.2, 0.25) is 0 Å². The van der Waals surface area contributed by atoms with Gasteiger partial charge in [0.2, 0.25) is 0 Å². The first-order chi connectivity index (χ1) is 18.3. The Morgan fingerprint density at radius 3 is 2.34 bits per heavy atom. The van der Waals surface area contributed by atoms with E-state index in [9.17, 15) is 0 Å². The van der Waals surface area contributed by atoms with Crippen molar-refractivity contribution in [3.63, 3.8) is 0 Å². The molecule has 0 spiro atoms. The van der Waals surface area contributed by atoms with Crippen molar-refractivity contribution in [2.75, 3.05) is 38.1 Å². The molecule has 0 bridgehead atoms. The van der Waals surface area contributed by atoms with E-state index in [1.807, 2.05) is 42.6 Å². The lowest BCUT2D eigenvalue weighted by atomic mass is 9.96. The second-order valence-electron chi connectivity index (χ2n) is 9.61. The summed E-state index contributed by atoms with van der Waals surface area (Å²) in [6, 6.07) is 22.3. The zero-order chi connectivity index (χ0) is 27.0. The smallest absolute Gasteiger partial charge is 0.174 e. The molecule has 3 heterocycles. The molecule has 196 valence electrons. The monoisotopic (exact) mass is 527 g/mol. The summed E-state index contributed by atoms with van der Waals surface area (Å²) < 4.78 is 13.6. The van der Waals surface area contributed by atoms with Gasteiger partial charge in [-0.1, -0.05) is 6.07 Å². The minimum absolute atomic E-state index is 0.162. The third-order valence-corrected chi connectivity index (χ3v) is 7.47. The van der Waals surface area contributed by atoms with E-state index in [1.54, 1.807) is 14.2 Å². The van der Waals surface area contributed by atoms with Gasteiger partial charge in [-0.2, -0.15) is 0 Å². The highest BCUT2D eigenvalue weighted by Crippen LogP contribution is 2.47. The van der Waals surface area contributed by atoms with Crippen molar-refractivity contribution in [2.45, 2.75) is 25.9 Å². The van der Waals surface area contributed by atoms with Crippen LogP contribution in [0.15, 0.2) is 72.9 Å². The molecule has 0 radical (unpaired) electrons. The Morgan fingerprint density at radius 2 is 1.71 bits per heavy atom. The molecule has 5 rings (SSSR count). The number of hydrogen-bond acceptors (Lipinski definition) is 5. The Kier molecular flexibility index (Phi) is 6.99. The van der Waals surface area contributed by atoms with Gasteiger partial charge in [0.05, 0.1) is 37.7 Å². The first-order valence-electron chi connectivity index (χ1n) is 12.5. The Hall–Kier alpha value is -4.04. The van der Waals surface area contributed by atoms with E-state index in [0.29, 0.717) is 5.11 Å². The first-order valence-corrected chi connectivity index (χ1v) is 12.9. The van der Waals surface area contributed by atoms with Crippen LogP contribution in [0.3, 0.4) is 0 Å². The molecule has 2 atom stereocenters. The summed E-state index contributed by atoms with van der Waals surface area (Å²) in [6.07, 6.45) is 1.82. The summed E-state index contributed by atoms with van der Waals surface area (Å²) in [7, 11) is 7.44. The maximum Gasteiger partial charge on any atom is 0.174 e. The van der Waals surface area contributed by atoms with Crippen LogP contribution >= 0.6 is 12.2 Å². The van der Waals surface area contributed by atoms with Crippen molar-refractivity contribution in [1.82, 2.24) is 14.9 Å². The predicted octanol–water partition coefficient (Wildman–Crippen LogP) is 5.75. The Morgan fingerprint density at radius 1 is 0.947 bits per heavy atom. The number of anilines is 2. The molecule has 8 heteroatoms. The SMILES string of the molecule is COc1ccc(OC)c(N2C(=S)N[C@H](c3ccccn3)[C@H]2c2cc(C)n(-c3ccc(N(C)C)cc3)c2C)c1. The van der Waals surface area contributed by atoms with Gasteiger partial charge in [0.15, 0.2) is 5.11 Å². The van der Waals surface area contributed by atoms with E-state index >= 15 is 0 Å². The fraction of sp³-hybridized carbons (Fsp3) is 0.267. The molecular formula is C30H33N5O2S. The van der Waals surface area contributed by atoms with Crippen LogP contribution in [-0.2, 0) is 0 Å². The molecule has 38 heavy (non-hydrogen) atoms. The lowest BCUT2D eigenvalue weighted by Crippen LogP contribution is -2.30. The van der Waals surface area contributed by atoms with Crippen molar-refractivity contribution in [3.05, 3.63) is 95.6 Å². The van der Waals surface area contributed by atoms with Crippen LogP contribution in [0.25, 0.3) is 5.69 Å². The predicted molar refractivity (Wildman–Crippen MR) is 157 cm³/mol. The quantitative estimate of drug-likeness (QED) is 0.307. The number of methoxy groups -OCH3 is 2. The van der Waals surface area contributed by atoms with Gasteiger partial charge in [-0.15, -0.1) is 0 Å². The summed E-state index contributed by atoms with van der Waals surface area (Å²) >= 11 is 5.96. The summed E-state index contributed by atoms with van der Waals surface area (Å²) in [5.74, 6) is 1.45. The summed E-state index contributed by atoms with van der Waals surface area (Å²) in [5.41, 5.74) is 7.48. The Bertz CT molecular complexity index is 1450. The zero-order valence-electron chi connectivity index (χ0n) is 22.6. The van der Waals surface area contributed by atoms with Crippen LogP contribution in [0.4, 0.5) is 11.4 Å². The number of nitrogens with zero attached hydrogens (tertiary/aromatic N) is 4. The highest BCUT2D eigenvalue weighted by atomic mass is 32.1. The number of hydrogen-bond donors (Lipinski definition) is 1. The molecule has 2 aromatic carbocycles. The fourth-order valence-electron chi connectivity index (χ4n) is 5.30. The molecule has 0 aliphatic carbocycles. The molecule has 7 nitrogen and oxygen atoms in total. The van der Waals surface area contributed by atoms with Gasteiger partial charge in [-0.25, -0.2) is 0 Å². The molecule has 1 N–H and O–H groups in total. The Balaban J connectivity index is 1.68. The number of benzene rings is 2. The number of pyridine rings is 1. The fourth-order valence-corrected chi connectivity index (χ4v) is 5.64. The third kappa shape index (κ3) is 4.45. The van der Waals surface area contributed by atoms with Gasteiger partial charge in [0.1, 0.15) is 11.5 Å². The summed E-state index contributed by atoms with van der Waals surface area (Å²) in [6.45, 7) is 4.31. The number of rotatable bonds is 7. The molecule has 1 saturated heterocycles. The van der Waals surface area contributed by atoms with E-state index in [0.717, 1.165) is 51.2 Å². The Labute approximate surface area is 229 Å². The molecule has 1 aliphatic rings. The number of aryl methyl sites for hydroxylation is 1. The maximum atomic E-state index is 5.96. The van der Waals surface area contributed by atoms with Gasteiger partial charge >= 0.3 is 0 Å². The highest BCUT2D eigenvalue weighted by Gasteiger charge is 2.43. The van der Waals surface area contributed by atoms with Gasteiger partial charge in [-0.05, 0) is 86.2 Å². The largest absolute Gasteiger partial charge is 0.497 e. The topological polar surface area (TPSA) is 54.8 Å². The molecular weight excluding hydrogens is 494 g/mol. The summed E-state index contributed by atoms with van der Waals surface area (Å²) in [5, 5.41) is 4.16. The standard InChI is InChI=1S/C30H33N5O2S/c1-19-17-24(20(2)34(19)22-12-10-21(11-13-22)33(3)4)29-28(25-9-7-8-16-31-25)32-30(38)35(29)26-18-23(36-5)14-15-27(26)37-6/h7-18,28-29H,1-6H3,(H,32,38)/t28-,29-/m1/s1. The van der Waals surface area contributed by atoms with Crippen LogP contribution in [-0.4, -0.2) is 43.0 Å².